The molecule has 0 atom stereocenters. The number of nitrogens with two attached hydrogens (primary N) is 2. The SMILES string of the molecule is Nc1ccc(C#CC#Cc2ccc(N)cc2)cc1. The third-order valence-corrected chi connectivity index (χ3v) is 2.30. The van der Waals surface area contributed by atoms with Crippen molar-refractivity contribution >= 4 is 11.4 Å². The van der Waals surface area contributed by atoms with Crippen LogP contribution in [0.3, 0.4) is 0 Å². The van der Waals surface area contributed by atoms with Crippen LogP contribution in [0.4, 0.5) is 11.4 Å². The first-order valence-corrected chi connectivity index (χ1v) is 5.47. The van der Waals surface area contributed by atoms with Gasteiger partial charge in [0.25, 0.3) is 0 Å². The molecule has 0 saturated carbocycles. The lowest BCUT2D eigenvalue weighted by Crippen LogP contribution is -1.83. The molecule has 2 rings (SSSR count). The molecule has 2 aromatic rings. The predicted molar refractivity (Wildman–Crippen MR) is 75.5 cm³/mol. The second-order valence-corrected chi connectivity index (χ2v) is 3.74. The van der Waals surface area contributed by atoms with Gasteiger partial charge in [0.05, 0.1) is 0 Å². The Hall–Kier alpha value is -2.84. The van der Waals surface area contributed by atoms with Gasteiger partial charge in [-0.15, -0.1) is 0 Å². The van der Waals surface area contributed by atoms with E-state index >= 15 is 0 Å². The van der Waals surface area contributed by atoms with Crippen molar-refractivity contribution in [2.24, 2.45) is 0 Å². The Kier molecular flexibility index (Phi) is 3.54. The fourth-order valence-electron chi connectivity index (χ4n) is 1.34. The number of benzene rings is 2. The molecule has 0 aliphatic carbocycles. The van der Waals surface area contributed by atoms with Crippen LogP contribution in [0, 0.1) is 23.7 Å². The summed E-state index contributed by atoms with van der Waals surface area (Å²) in [5.41, 5.74) is 14.4. The highest BCUT2D eigenvalue weighted by Crippen LogP contribution is 2.04. The van der Waals surface area contributed by atoms with Crippen LogP contribution in [0.2, 0.25) is 0 Å². The monoisotopic (exact) mass is 232 g/mol. The van der Waals surface area contributed by atoms with Gasteiger partial charge in [-0.2, -0.15) is 0 Å². The number of anilines is 2. The summed E-state index contributed by atoms with van der Waals surface area (Å²) in [7, 11) is 0. The van der Waals surface area contributed by atoms with Crippen LogP contribution in [-0.4, -0.2) is 0 Å². The molecule has 0 unspecified atom stereocenters. The van der Waals surface area contributed by atoms with Crippen molar-refractivity contribution < 1.29 is 0 Å². The van der Waals surface area contributed by atoms with Crippen LogP contribution in [0.1, 0.15) is 11.1 Å². The molecular weight excluding hydrogens is 220 g/mol. The van der Waals surface area contributed by atoms with Crippen LogP contribution in [0.25, 0.3) is 0 Å². The van der Waals surface area contributed by atoms with E-state index in [1.54, 1.807) is 0 Å². The molecule has 2 heteroatoms. The molecule has 0 amide bonds. The first kappa shape index (κ1) is 11.6. The summed E-state index contributed by atoms with van der Waals surface area (Å²) in [4.78, 5) is 0. The maximum absolute atomic E-state index is 5.58. The summed E-state index contributed by atoms with van der Waals surface area (Å²) in [6.07, 6.45) is 0. The van der Waals surface area contributed by atoms with Gasteiger partial charge in [0.1, 0.15) is 0 Å². The smallest absolute Gasteiger partial charge is 0.0314 e. The summed E-state index contributed by atoms with van der Waals surface area (Å²) in [6.45, 7) is 0. The summed E-state index contributed by atoms with van der Waals surface area (Å²) in [5, 5.41) is 0. The predicted octanol–water partition coefficient (Wildman–Crippen LogP) is 2.25. The van der Waals surface area contributed by atoms with E-state index in [2.05, 4.69) is 23.7 Å². The van der Waals surface area contributed by atoms with Crippen molar-refractivity contribution in [1.82, 2.24) is 0 Å². The zero-order valence-electron chi connectivity index (χ0n) is 9.77. The molecule has 0 fully saturated rings. The van der Waals surface area contributed by atoms with Crippen molar-refractivity contribution in [1.29, 1.82) is 0 Å². The highest BCUT2D eigenvalue weighted by Gasteiger charge is 1.86. The van der Waals surface area contributed by atoms with Crippen molar-refractivity contribution in [3.63, 3.8) is 0 Å². The van der Waals surface area contributed by atoms with Crippen LogP contribution in [-0.2, 0) is 0 Å². The summed E-state index contributed by atoms with van der Waals surface area (Å²) < 4.78 is 0. The van der Waals surface area contributed by atoms with Gasteiger partial charge < -0.3 is 11.5 Å². The first-order valence-electron chi connectivity index (χ1n) is 5.47. The molecule has 0 bridgehead atoms. The highest BCUT2D eigenvalue weighted by atomic mass is 14.5. The largest absolute Gasteiger partial charge is 0.399 e. The average Bonchev–Trinajstić information content (AvgIpc) is 2.39. The average molecular weight is 232 g/mol. The summed E-state index contributed by atoms with van der Waals surface area (Å²) in [5.74, 6) is 11.5. The zero-order chi connectivity index (χ0) is 12.8. The van der Waals surface area contributed by atoms with Crippen molar-refractivity contribution in [2.45, 2.75) is 0 Å². The minimum absolute atomic E-state index is 0.730. The molecular formula is C16H12N2. The minimum atomic E-state index is 0.730. The number of hydrogen-bond donors (Lipinski definition) is 2. The van der Waals surface area contributed by atoms with E-state index in [-0.39, 0.29) is 0 Å². The van der Waals surface area contributed by atoms with E-state index in [4.69, 9.17) is 11.5 Å². The van der Waals surface area contributed by atoms with E-state index in [1.165, 1.54) is 0 Å². The van der Waals surface area contributed by atoms with Crippen molar-refractivity contribution in [3.8, 4) is 23.7 Å². The molecule has 0 spiro atoms. The Morgan fingerprint density at radius 3 is 1.22 bits per heavy atom. The second kappa shape index (κ2) is 5.48. The van der Waals surface area contributed by atoms with E-state index in [1.807, 2.05) is 48.5 Å². The van der Waals surface area contributed by atoms with E-state index < -0.39 is 0 Å². The maximum Gasteiger partial charge on any atom is 0.0314 e. The first-order chi connectivity index (χ1) is 8.74. The highest BCUT2D eigenvalue weighted by molar-refractivity contribution is 5.49. The second-order valence-electron chi connectivity index (χ2n) is 3.74. The zero-order valence-corrected chi connectivity index (χ0v) is 9.77. The van der Waals surface area contributed by atoms with Gasteiger partial charge in [-0.05, 0) is 60.4 Å². The molecule has 18 heavy (non-hydrogen) atoms. The maximum atomic E-state index is 5.58. The normalized spacial score (nSPS) is 8.67. The molecule has 0 aromatic heterocycles. The molecule has 0 aliphatic heterocycles. The van der Waals surface area contributed by atoms with E-state index in [0.717, 1.165) is 22.5 Å². The van der Waals surface area contributed by atoms with Crippen LogP contribution in [0.5, 0.6) is 0 Å². The molecule has 4 N–H and O–H groups in total. The van der Waals surface area contributed by atoms with Crippen LogP contribution >= 0.6 is 0 Å². The topological polar surface area (TPSA) is 52.0 Å². The lowest BCUT2D eigenvalue weighted by Gasteiger charge is -1.91. The minimum Gasteiger partial charge on any atom is -0.399 e. The molecule has 0 radical (unpaired) electrons. The fourth-order valence-corrected chi connectivity index (χ4v) is 1.34. The lowest BCUT2D eigenvalue weighted by atomic mass is 10.2. The van der Waals surface area contributed by atoms with Gasteiger partial charge in [-0.25, -0.2) is 0 Å². The lowest BCUT2D eigenvalue weighted by molar-refractivity contribution is 1.63. The van der Waals surface area contributed by atoms with Gasteiger partial charge in [-0.1, -0.05) is 11.8 Å². The number of rotatable bonds is 0. The Morgan fingerprint density at radius 1 is 0.556 bits per heavy atom. The molecule has 2 nitrogen and oxygen atoms in total. The quantitative estimate of drug-likeness (QED) is 0.540. The number of hydrogen-bond acceptors (Lipinski definition) is 2. The third-order valence-electron chi connectivity index (χ3n) is 2.30. The van der Waals surface area contributed by atoms with Crippen LogP contribution in [0.15, 0.2) is 48.5 Å². The van der Waals surface area contributed by atoms with Crippen molar-refractivity contribution in [2.75, 3.05) is 11.5 Å². The van der Waals surface area contributed by atoms with Gasteiger partial charge in [0.2, 0.25) is 0 Å². The van der Waals surface area contributed by atoms with E-state index in [9.17, 15) is 0 Å². The fraction of sp³-hybridized carbons (Fsp3) is 0. The molecule has 0 saturated heterocycles. The molecule has 2 aromatic carbocycles. The standard InChI is InChI=1S/C16H12N2/c17-15-9-5-13(6-10-15)3-1-2-4-14-7-11-16(18)12-8-14/h5-12H,17-18H2. The van der Waals surface area contributed by atoms with Crippen LogP contribution < -0.4 is 11.5 Å². The molecule has 0 aliphatic rings. The number of nitrogen functional groups attached to an aromatic ring is 2. The Morgan fingerprint density at radius 2 is 0.889 bits per heavy atom. The van der Waals surface area contributed by atoms with Gasteiger partial charge in [-0.3, -0.25) is 0 Å². The third kappa shape index (κ3) is 3.33. The van der Waals surface area contributed by atoms with Gasteiger partial charge >= 0.3 is 0 Å². The summed E-state index contributed by atoms with van der Waals surface area (Å²) >= 11 is 0. The Labute approximate surface area is 107 Å². The Bertz CT molecular complexity index is 583. The van der Waals surface area contributed by atoms with E-state index in [0.29, 0.717) is 0 Å². The molecule has 86 valence electrons. The summed E-state index contributed by atoms with van der Waals surface area (Å²) in [6, 6.07) is 14.7. The van der Waals surface area contributed by atoms with Crippen molar-refractivity contribution in [3.05, 3.63) is 59.7 Å². The Balaban J connectivity index is 2.09. The molecule has 0 heterocycles. The van der Waals surface area contributed by atoms with Gasteiger partial charge in [0, 0.05) is 22.5 Å². The van der Waals surface area contributed by atoms with Gasteiger partial charge in [0.15, 0.2) is 0 Å².